The number of hydrogen-bond donors (Lipinski definition) is 1. The van der Waals surface area contributed by atoms with Crippen LogP contribution in [0.4, 0.5) is 0 Å². The monoisotopic (exact) mass is 261 g/mol. The second kappa shape index (κ2) is 5.96. The van der Waals surface area contributed by atoms with Crippen LogP contribution in [-0.4, -0.2) is 18.2 Å². The van der Waals surface area contributed by atoms with Crippen LogP contribution in [0.5, 0.6) is 5.75 Å². The predicted molar refractivity (Wildman–Crippen MR) is 80.9 cm³/mol. The summed E-state index contributed by atoms with van der Waals surface area (Å²) >= 11 is 0. The molecule has 1 N–H and O–H groups in total. The summed E-state index contributed by atoms with van der Waals surface area (Å²) in [6, 6.07) is 6.51. The van der Waals surface area contributed by atoms with Gasteiger partial charge in [0, 0.05) is 12.0 Å². The summed E-state index contributed by atoms with van der Waals surface area (Å²) in [5.74, 6) is 1.10. The van der Waals surface area contributed by atoms with Gasteiger partial charge in [-0.2, -0.15) is 0 Å². The SMILES string of the molecule is Cc1ccc2c(c1)CC(CCCCNC(C)(C)C)O2. The van der Waals surface area contributed by atoms with Crippen LogP contribution >= 0.6 is 0 Å². The fourth-order valence-corrected chi connectivity index (χ4v) is 2.57. The molecule has 1 unspecified atom stereocenters. The minimum absolute atomic E-state index is 0.234. The highest BCUT2D eigenvalue weighted by atomic mass is 16.5. The van der Waals surface area contributed by atoms with E-state index in [1.165, 1.54) is 30.4 Å². The maximum Gasteiger partial charge on any atom is 0.123 e. The average Bonchev–Trinajstić information content (AvgIpc) is 2.68. The molecule has 1 aromatic rings. The molecule has 0 fully saturated rings. The lowest BCUT2D eigenvalue weighted by atomic mass is 10.0. The first-order valence-corrected chi connectivity index (χ1v) is 7.45. The maximum absolute atomic E-state index is 5.99. The highest BCUT2D eigenvalue weighted by Crippen LogP contribution is 2.31. The fraction of sp³-hybridized carbons (Fsp3) is 0.647. The highest BCUT2D eigenvalue weighted by Gasteiger charge is 2.22. The molecule has 0 bridgehead atoms. The van der Waals surface area contributed by atoms with Gasteiger partial charge in [-0.25, -0.2) is 0 Å². The summed E-state index contributed by atoms with van der Waals surface area (Å²) in [5.41, 5.74) is 2.95. The molecule has 1 aliphatic heterocycles. The third-order valence-corrected chi connectivity index (χ3v) is 3.57. The van der Waals surface area contributed by atoms with Gasteiger partial charge in [-0.3, -0.25) is 0 Å². The van der Waals surface area contributed by atoms with E-state index in [0.717, 1.165) is 18.7 Å². The molecule has 2 rings (SSSR count). The Labute approximate surface area is 117 Å². The molecule has 0 radical (unpaired) electrons. The topological polar surface area (TPSA) is 21.3 Å². The molecule has 0 saturated carbocycles. The summed E-state index contributed by atoms with van der Waals surface area (Å²) in [4.78, 5) is 0. The van der Waals surface area contributed by atoms with E-state index >= 15 is 0 Å². The van der Waals surface area contributed by atoms with E-state index in [4.69, 9.17) is 4.74 Å². The van der Waals surface area contributed by atoms with Gasteiger partial charge in [0.1, 0.15) is 11.9 Å². The van der Waals surface area contributed by atoms with Crippen molar-refractivity contribution in [1.29, 1.82) is 0 Å². The number of aryl methyl sites for hydroxylation is 1. The van der Waals surface area contributed by atoms with Gasteiger partial charge in [0.2, 0.25) is 0 Å². The molecule has 2 nitrogen and oxygen atoms in total. The molecule has 1 aliphatic rings. The zero-order valence-electron chi connectivity index (χ0n) is 12.8. The molecule has 0 spiro atoms. The summed E-state index contributed by atoms with van der Waals surface area (Å²) in [6.07, 6.45) is 5.11. The average molecular weight is 261 g/mol. The lowest BCUT2D eigenvalue weighted by Crippen LogP contribution is -2.36. The summed E-state index contributed by atoms with van der Waals surface area (Å²) in [5, 5.41) is 3.53. The summed E-state index contributed by atoms with van der Waals surface area (Å²) in [7, 11) is 0. The van der Waals surface area contributed by atoms with Gasteiger partial charge in [0.25, 0.3) is 0 Å². The Morgan fingerprint density at radius 3 is 2.79 bits per heavy atom. The van der Waals surface area contributed by atoms with E-state index in [9.17, 15) is 0 Å². The van der Waals surface area contributed by atoms with Crippen LogP contribution in [0.15, 0.2) is 18.2 Å². The number of rotatable bonds is 5. The molecule has 1 heterocycles. The molecule has 0 amide bonds. The fourth-order valence-electron chi connectivity index (χ4n) is 2.57. The molecule has 0 aliphatic carbocycles. The Bertz CT molecular complexity index is 420. The molecular formula is C17H27NO. The first-order valence-electron chi connectivity index (χ1n) is 7.45. The first kappa shape index (κ1) is 14.4. The second-order valence-electron chi connectivity index (χ2n) is 6.73. The molecule has 1 aromatic carbocycles. The van der Waals surface area contributed by atoms with Crippen molar-refractivity contribution in [3.05, 3.63) is 29.3 Å². The third-order valence-electron chi connectivity index (χ3n) is 3.57. The lowest BCUT2D eigenvalue weighted by Gasteiger charge is -2.20. The smallest absolute Gasteiger partial charge is 0.123 e. The standard InChI is InChI=1S/C17H27NO/c1-13-8-9-16-14(11-13)12-15(19-16)7-5-6-10-18-17(2,3)4/h8-9,11,15,18H,5-7,10,12H2,1-4H3. The van der Waals surface area contributed by atoms with Crippen LogP contribution in [0, 0.1) is 6.92 Å². The van der Waals surface area contributed by atoms with Crippen molar-refractivity contribution in [3.63, 3.8) is 0 Å². The van der Waals surface area contributed by atoms with E-state index in [2.05, 4.69) is 51.2 Å². The highest BCUT2D eigenvalue weighted by molar-refractivity contribution is 5.40. The van der Waals surface area contributed by atoms with Crippen LogP contribution in [0.1, 0.15) is 51.2 Å². The molecule has 1 atom stereocenters. The Balaban J connectivity index is 1.67. The van der Waals surface area contributed by atoms with Crippen molar-refractivity contribution in [1.82, 2.24) is 5.32 Å². The number of ether oxygens (including phenoxy) is 1. The lowest BCUT2D eigenvalue weighted by molar-refractivity contribution is 0.216. The zero-order chi connectivity index (χ0) is 13.9. The predicted octanol–water partition coefficient (Wildman–Crippen LogP) is 3.86. The van der Waals surface area contributed by atoms with Gasteiger partial charge in [0.05, 0.1) is 0 Å². The number of hydrogen-bond acceptors (Lipinski definition) is 2. The van der Waals surface area contributed by atoms with Gasteiger partial charge in [0.15, 0.2) is 0 Å². The Morgan fingerprint density at radius 2 is 2.05 bits per heavy atom. The largest absolute Gasteiger partial charge is 0.490 e. The van der Waals surface area contributed by atoms with Crippen LogP contribution in [0.2, 0.25) is 0 Å². The van der Waals surface area contributed by atoms with Crippen LogP contribution in [0.25, 0.3) is 0 Å². The zero-order valence-corrected chi connectivity index (χ0v) is 12.8. The van der Waals surface area contributed by atoms with Crippen LogP contribution in [-0.2, 0) is 6.42 Å². The van der Waals surface area contributed by atoms with Crippen LogP contribution in [0.3, 0.4) is 0 Å². The summed E-state index contributed by atoms with van der Waals surface area (Å²) in [6.45, 7) is 9.89. The van der Waals surface area contributed by atoms with Gasteiger partial charge in [-0.05, 0) is 65.1 Å². The number of benzene rings is 1. The first-order chi connectivity index (χ1) is 8.94. The van der Waals surface area contributed by atoms with Crippen molar-refractivity contribution in [3.8, 4) is 5.75 Å². The van der Waals surface area contributed by atoms with Crippen molar-refractivity contribution in [2.24, 2.45) is 0 Å². The Hall–Kier alpha value is -1.02. The minimum atomic E-state index is 0.234. The van der Waals surface area contributed by atoms with E-state index in [1.54, 1.807) is 0 Å². The molecule has 106 valence electrons. The molecule has 2 heteroatoms. The molecule has 19 heavy (non-hydrogen) atoms. The molecule has 0 saturated heterocycles. The van der Waals surface area contributed by atoms with Gasteiger partial charge in [-0.1, -0.05) is 17.7 Å². The van der Waals surface area contributed by atoms with Crippen molar-refractivity contribution in [2.75, 3.05) is 6.54 Å². The Kier molecular flexibility index (Phi) is 4.51. The molecular weight excluding hydrogens is 234 g/mol. The third kappa shape index (κ3) is 4.54. The van der Waals surface area contributed by atoms with Gasteiger partial charge < -0.3 is 10.1 Å². The van der Waals surface area contributed by atoms with Crippen molar-refractivity contribution in [2.45, 2.75) is 65.0 Å². The quantitative estimate of drug-likeness (QED) is 0.813. The van der Waals surface area contributed by atoms with Crippen LogP contribution < -0.4 is 10.1 Å². The minimum Gasteiger partial charge on any atom is -0.490 e. The van der Waals surface area contributed by atoms with Crippen molar-refractivity contribution >= 4 is 0 Å². The number of fused-ring (bicyclic) bond motifs is 1. The summed E-state index contributed by atoms with van der Waals surface area (Å²) < 4.78 is 5.99. The van der Waals surface area contributed by atoms with E-state index in [0.29, 0.717) is 6.10 Å². The maximum atomic E-state index is 5.99. The van der Waals surface area contributed by atoms with Crippen molar-refractivity contribution < 1.29 is 4.74 Å². The second-order valence-corrected chi connectivity index (χ2v) is 6.73. The Morgan fingerprint density at radius 1 is 1.26 bits per heavy atom. The number of nitrogens with one attached hydrogen (secondary N) is 1. The molecule has 0 aromatic heterocycles. The van der Waals surface area contributed by atoms with Gasteiger partial charge in [-0.15, -0.1) is 0 Å². The van der Waals surface area contributed by atoms with Gasteiger partial charge >= 0.3 is 0 Å². The van der Waals surface area contributed by atoms with E-state index < -0.39 is 0 Å². The normalized spacial score (nSPS) is 18.2. The number of unbranched alkanes of at least 4 members (excludes halogenated alkanes) is 1. The van der Waals surface area contributed by atoms with E-state index in [-0.39, 0.29) is 5.54 Å². The van der Waals surface area contributed by atoms with E-state index in [1.807, 2.05) is 0 Å².